The zero-order valence-corrected chi connectivity index (χ0v) is 7.37. The summed E-state index contributed by atoms with van der Waals surface area (Å²) >= 11 is 0. The van der Waals surface area contributed by atoms with E-state index in [1.165, 1.54) is 6.26 Å². The first kappa shape index (κ1) is 10.2. The van der Waals surface area contributed by atoms with E-state index >= 15 is 0 Å². The van der Waals surface area contributed by atoms with E-state index < -0.39 is 9.73 Å². The maximum atomic E-state index is 10.9. The van der Waals surface area contributed by atoms with E-state index in [-0.39, 0.29) is 23.8 Å². The van der Waals surface area contributed by atoms with Crippen LogP contribution in [0.5, 0.6) is 0 Å². The summed E-state index contributed by atoms with van der Waals surface area (Å²) in [5.41, 5.74) is 0. The molecule has 10 heavy (non-hydrogen) atoms. The number of hydrogen-bond acceptors (Lipinski definition) is 3. The van der Waals surface area contributed by atoms with Gasteiger partial charge in [-0.3, -0.25) is 4.78 Å². The molecular weight excluding hydrogens is 174 g/mol. The predicted molar refractivity (Wildman–Crippen MR) is 43.1 cm³/mol. The summed E-state index contributed by atoms with van der Waals surface area (Å²) < 4.78 is 18.0. The Bertz CT molecular complexity index is 196. The number of nitrogens with one attached hydrogen (secondary N) is 1. The fraction of sp³-hybridized carbons (Fsp3) is 1.00. The first-order valence-corrected chi connectivity index (χ1v) is 4.94. The lowest BCUT2D eigenvalue weighted by molar-refractivity contribution is 0.0988. The molecule has 3 nitrogen and oxygen atoms in total. The molecule has 0 bridgehead atoms. The summed E-state index contributed by atoms with van der Waals surface area (Å²) in [7, 11) is -2.36. The van der Waals surface area contributed by atoms with Gasteiger partial charge in [0.15, 0.2) is 0 Å². The van der Waals surface area contributed by atoms with E-state index in [0.29, 0.717) is 12.8 Å². The van der Waals surface area contributed by atoms with Crippen molar-refractivity contribution in [1.29, 1.82) is 4.78 Å². The topological polar surface area (TPSA) is 61.2 Å². The van der Waals surface area contributed by atoms with E-state index in [2.05, 4.69) is 0 Å². The molecule has 2 N–H and O–H groups in total. The lowest BCUT2D eigenvalue weighted by Crippen LogP contribution is -2.38. The normalized spacial score (nSPS) is 37.0. The molecule has 0 spiro atoms. The Morgan fingerprint density at radius 1 is 1.60 bits per heavy atom. The van der Waals surface area contributed by atoms with Crippen molar-refractivity contribution in [2.75, 3.05) is 6.26 Å². The van der Waals surface area contributed by atoms with Crippen LogP contribution in [0.2, 0.25) is 0 Å². The van der Waals surface area contributed by atoms with E-state index in [0.717, 1.165) is 0 Å². The van der Waals surface area contributed by atoms with Crippen LogP contribution in [0.4, 0.5) is 0 Å². The van der Waals surface area contributed by atoms with Gasteiger partial charge in [0.2, 0.25) is 0 Å². The highest BCUT2D eigenvalue weighted by Gasteiger charge is 2.32. The van der Waals surface area contributed by atoms with E-state index in [4.69, 9.17) is 9.89 Å². The number of rotatable bonds is 1. The predicted octanol–water partition coefficient (Wildman–Crippen LogP) is 0.608. The molecular formula is C5H12ClNO2S. The van der Waals surface area contributed by atoms with Crippen molar-refractivity contribution in [3.8, 4) is 0 Å². The van der Waals surface area contributed by atoms with Gasteiger partial charge < -0.3 is 5.11 Å². The first-order valence-electron chi connectivity index (χ1n) is 2.91. The van der Waals surface area contributed by atoms with Gasteiger partial charge in [0, 0.05) is 21.2 Å². The van der Waals surface area contributed by atoms with Crippen molar-refractivity contribution in [2.45, 2.75) is 24.2 Å². The van der Waals surface area contributed by atoms with E-state index in [1.807, 2.05) is 0 Å². The highest BCUT2D eigenvalue weighted by Crippen LogP contribution is 2.26. The summed E-state index contributed by atoms with van der Waals surface area (Å²) in [6.45, 7) is 0. The lowest BCUT2D eigenvalue weighted by atomic mass is 9.96. The van der Waals surface area contributed by atoms with E-state index in [9.17, 15) is 4.21 Å². The highest BCUT2D eigenvalue weighted by atomic mass is 35.5. The summed E-state index contributed by atoms with van der Waals surface area (Å²) in [4.78, 5) is 0. The second-order valence-corrected chi connectivity index (χ2v) is 5.13. The van der Waals surface area contributed by atoms with Crippen LogP contribution in [-0.2, 0) is 9.73 Å². The van der Waals surface area contributed by atoms with Crippen molar-refractivity contribution in [3.63, 3.8) is 0 Å². The minimum atomic E-state index is -2.36. The molecule has 62 valence electrons. The molecule has 1 saturated carbocycles. The minimum absolute atomic E-state index is 0. The van der Waals surface area contributed by atoms with Crippen LogP contribution in [0.1, 0.15) is 12.8 Å². The maximum Gasteiger partial charge on any atom is 0.0563 e. The Balaban J connectivity index is 0.000000810. The Labute approximate surface area is 67.2 Å². The molecule has 0 aromatic heterocycles. The van der Waals surface area contributed by atoms with Crippen LogP contribution in [0.3, 0.4) is 0 Å². The molecule has 0 aliphatic heterocycles. The summed E-state index contributed by atoms with van der Waals surface area (Å²) in [5, 5.41) is 8.72. The Kier molecular flexibility index (Phi) is 3.13. The van der Waals surface area contributed by atoms with Crippen LogP contribution in [0.25, 0.3) is 0 Å². The lowest BCUT2D eigenvalue weighted by Gasteiger charge is -2.30. The molecule has 1 aliphatic rings. The zero-order chi connectivity index (χ0) is 7.07. The molecule has 1 rings (SSSR count). The van der Waals surface area contributed by atoms with Crippen molar-refractivity contribution in [1.82, 2.24) is 0 Å². The second kappa shape index (κ2) is 3.07. The first-order chi connectivity index (χ1) is 4.00. The summed E-state index contributed by atoms with van der Waals surface area (Å²) in [6.07, 6.45) is 2.25. The molecule has 1 aliphatic carbocycles. The smallest absolute Gasteiger partial charge is 0.0563 e. The third kappa shape index (κ3) is 2.11. The molecule has 0 aromatic rings. The zero-order valence-electron chi connectivity index (χ0n) is 5.74. The third-order valence-corrected chi connectivity index (χ3v) is 3.36. The van der Waals surface area contributed by atoms with Crippen LogP contribution in [0, 0.1) is 4.78 Å². The van der Waals surface area contributed by atoms with Crippen molar-refractivity contribution < 1.29 is 9.32 Å². The van der Waals surface area contributed by atoms with Crippen LogP contribution >= 0.6 is 12.4 Å². The monoisotopic (exact) mass is 185 g/mol. The molecule has 1 unspecified atom stereocenters. The van der Waals surface area contributed by atoms with Gasteiger partial charge in [0.05, 0.1) is 6.10 Å². The largest absolute Gasteiger partial charge is 0.393 e. The molecule has 0 amide bonds. The van der Waals surface area contributed by atoms with Gasteiger partial charge in [-0.05, 0) is 12.8 Å². The van der Waals surface area contributed by atoms with Gasteiger partial charge in [-0.1, -0.05) is 0 Å². The van der Waals surface area contributed by atoms with Crippen molar-refractivity contribution >= 4 is 22.1 Å². The standard InChI is InChI=1S/C5H11NO2S.ClH/c1-9(6,8)5-2-4(7)3-5;/h4-7H,2-3H2,1H3;1H. The van der Waals surface area contributed by atoms with Crippen LogP contribution in [0.15, 0.2) is 0 Å². The maximum absolute atomic E-state index is 10.9. The Morgan fingerprint density at radius 2 is 2.00 bits per heavy atom. The van der Waals surface area contributed by atoms with E-state index in [1.54, 1.807) is 0 Å². The van der Waals surface area contributed by atoms with Gasteiger partial charge in [0.1, 0.15) is 0 Å². The Hall–Kier alpha value is 0.200. The molecule has 0 saturated heterocycles. The average molecular weight is 186 g/mol. The molecule has 1 fully saturated rings. The van der Waals surface area contributed by atoms with Gasteiger partial charge in [-0.2, -0.15) is 0 Å². The summed E-state index contributed by atoms with van der Waals surface area (Å²) in [5.74, 6) is 0. The quantitative estimate of drug-likeness (QED) is 0.629. The van der Waals surface area contributed by atoms with Crippen molar-refractivity contribution in [3.05, 3.63) is 0 Å². The van der Waals surface area contributed by atoms with Gasteiger partial charge in [0.25, 0.3) is 0 Å². The van der Waals surface area contributed by atoms with Gasteiger partial charge >= 0.3 is 0 Å². The van der Waals surface area contributed by atoms with Gasteiger partial charge in [-0.25, -0.2) is 4.21 Å². The third-order valence-electron chi connectivity index (χ3n) is 1.71. The van der Waals surface area contributed by atoms with Crippen molar-refractivity contribution in [2.24, 2.45) is 0 Å². The number of halogens is 1. The molecule has 0 aromatic carbocycles. The number of hydrogen-bond donors (Lipinski definition) is 2. The number of aliphatic hydroxyl groups excluding tert-OH is 1. The minimum Gasteiger partial charge on any atom is -0.393 e. The van der Waals surface area contributed by atoms with Crippen LogP contribution in [-0.4, -0.2) is 26.9 Å². The Morgan fingerprint density at radius 3 is 2.10 bits per heavy atom. The SMILES string of the molecule is CS(=N)(=O)C1CC(O)C1.Cl. The average Bonchev–Trinajstić information content (AvgIpc) is 1.55. The fourth-order valence-electron chi connectivity index (χ4n) is 0.905. The molecule has 0 heterocycles. The number of aliphatic hydroxyl groups is 1. The molecule has 5 heteroatoms. The highest BCUT2D eigenvalue weighted by molar-refractivity contribution is 7.92. The van der Waals surface area contributed by atoms with Gasteiger partial charge in [-0.15, -0.1) is 12.4 Å². The molecule has 1 atom stereocenters. The summed E-state index contributed by atoms with van der Waals surface area (Å²) in [6, 6.07) is 0. The molecule has 0 radical (unpaired) electrons. The fourth-order valence-corrected chi connectivity index (χ4v) is 2.08. The van der Waals surface area contributed by atoms with Crippen LogP contribution < -0.4 is 0 Å². The second-order valence-electron chi connectivity index (χ2n) is 2.65.